The molecule has 0 saturated carbocycles. The predicted molar refractivity (Wildman–Crippen MR) is 180 cm³/mol. The molecule has 0 aliphatic carbocycles. The summed E-state index contributed by atoms with van der Waals surface area (Å²) >= 11 is 14.1. The summed E-state index contributed by atoms with van der Waals surface area (Å²) < 4.78 is 11.1. The molecule has 2 aromatic carbocycles. The van der Waals surface area contributed by atoms with E-state index < -0.39 is 12.0 Å². The molecule has 14 heteroatoms. The molecule has 3 N–H and O–H groups in total. The van der Waals surface area contributed by atoms with E-state index in [0.717, 1.165) is 6.42 Å². The van der Waals surface area contributed by atoms with E-state index in [0.29, 0.717) is 106 Å². The predicted octanol–water partition coefficient (Wildman–Crippen LogP) is 4.28. The van der Waals surface area contributed by atoms with Crippen LogP contribution in [0.25, 0.3) is 33.6 Å². The number of amides is 1. The van der Waals surface area contributed by atoms with Crippen LogP contribution < -0.4 is 20.1 Å². The van der Waals surface area contributed by atoms with Crippen LogP contribution in [0.3, 0.4) is 0 Å². The Hall–Kier alpha value is -4.38. The van der Waals surface area contributed by atoms with Crippen LogP contribution in [-0.2, 0) is 17.9 Å². The van der Waals surface area contributed by atoms with E-state index in [1.807, 2.05) is 41.3 Å². The number of aliphatic hydroxyl groups is 1. The second-order valence-electron chi connectivity index (χ2n) is 11.7. The minimum absolute atomic E-state index is 0.0752. The Morgan fingerprint density at radius 1 is 0.958 bits per heavy atom. The minimum Gasteiger partial charge on any atom is -0.480 e. The zero-order chi connectivity index (χ0) is 33.8. The Balaban J connectivity index is 1.23. The number of halogens is 2. The van der Waals surface area contributed by atoms with Gasteiger partial charge in [-0.15, -0.1) is 0 Å². The molecule has 0 spiro atoms. The van der Waals surface area contributed by atoms with Gasteiger partial charge in [-0.1, -0.05) is 59.6 Å². The van der Waals surface area contributed by atoms with Gasteiger partial charge in [0.25, 0.3) is 0 Å². The van der Waals surface area contributed by atoms with Gasteiger partial charge in [-0.25, -0.2) is 9.97 Å². The first kappa shape index (κ1) is 33.5. The summed E-state index contributed by atoms with van der Waals surface area (Å²) in [4.78, 5) is 32.1. The van der Waals surface area contributed by atoms with E-state index >= 15 is 0 Å². The highest BCUT2D eigenvalue weighted by Crippen LogP contribution is 2.42. The third-order valence-corrected chi connectivity index (χ3v) is 9.34. The van der Waals surface area contributed by atoms with Crippen LogP contribution in [0.2, 0.25) is 10.0 Å². The first-order chi connectivity index (χ1) is 23.3. The Kier molecular flexibility index (Phi) is 10.3. The van der Waals surface area contributed by atoms with Crippen molar-refractivity contribution in [3.63, 3.8) is 0 Å². The van der Waals surface area contributed by atoms with Crippen molar-refractivity contribution in [3.05, 3.63) is 70.2 Å². The lowest BCUT2D eigenvalue weighted by Gasteiger charge is -2.17. The SMILES string of the molecule is COc1nc(-c2cccc(-c3cccc(-c4cnc(CN5C[C@H](O)[C@@H](C#N)C5)c(OC)n4)c3Cl)c2Cl)cnc1CNC[C@@H]1CCC(=O)N1. The number of β-amino-alcohol motifs (C(OH)–C–C–N with tert-alkyl or cyclic N) is 1. The van der Waals surface area contributed by atoms with Crippen molar-refractivity contribution in [2.75, 3.05) is 33.9 Å². The maximum Gasteiger partial charge on any atom is 0.237 e. The lowest BCUT2D eigenvalue weighted by atomic mass is 9.98. The van der Waals surface area contributed by atoms with Gasteiger partial charge in [0, 0.05) is 67.4 Å². The summed E-state index contributed by atoms with van der Waals surface area (Å²) in [5.41, 5.74) is 4.98. The number of carbonyl (C=O) groups excluding carboxylic acids is 1. The highest BCUT2D eigenvalue weighted by atomic mass is 35.5. The molecule has 0 radical (unpaired) electrons. The van der Waals surface area contributed by atoms with E-state index in [9.17, 15) is 15.2 Å². The van der Waals surface area contributed by atoms with E-state index in [1.54, 1.807) is 19.5 Å². The highest BCUT2D eigenvalue weighted by Gasteiger charge is 2.32. The van der Waals surface area contributed by atoms with Gasteiger partial charge in [0.2, 0.25) is 17.7 Å². The topological polar surface area (TPSA) is 158 Å². The summed E-state index contributed by atoms with van der Waals surface area (Å²) in [6, 6.07) is 13.5. The number of rotatable bonds is 11. The Bertz CT molecular complexity index is 1870. The van der Waals surface area contributed by atoms with Gasteiger partial charge in [0.05, 0.1) is 66.1 Å². The molecule has 12 nitrogen and oxygen atoms in total. The monoisotopic (exact) mass is 688 g/mol. The summed E-state index contributed by atoms with van der Waals surface area (Å²) in [6.07, 6.45) is 3.95. The molecule has 4 heterocycles. The average Bonchev–Trinajstić information content (AvgIpc) is 3.68. The minimum atomic E-state index is -0.699. The van der Waals surface area contributed by atoms with Crippen LogP contribution in [0.4, 0.5) is 0 Å². The zero-order valence-electron chi connectivity index (χ0n) is 26.4. The molecule has 6 rings (SSSR count). The molecule has 3 atom stereocenters. The lowest BCUT2D eigenvalue weighted by molar-refractivity contribution is -0.119. The molecule has 2 aromatic heterocycles. The maximum absolute atomic E-state index is 11.5. The zero-order valence-corrected chi connectivity index (χ0v) is 27.9. The third-order valence-electron chi connectivity index (χ3n) is 8.52. The molecule has 2 fully saturated rings. The van der Waals surface area contributed by atoms with Gasteiger partial charge in [-0.3, -0.25) is 19.7 Å². The molecule has 2 saturated heterocycles. The average molecular weight is 690 g/mol. The fraction of sp³-hybridized carbons (Fsp3) is 0.353. The molecule has 0 unspecified atom stereocenters. The number of nitrogens with one attached hydrogen (secondary N) is 2. The summed E-state index contributed by atoms with van der Waals surface area (Å²) in [5.74, 6) is 0.343. The quantitative estimate of drug-likeness (QED) is 0.207. The Labute approximate surface area is 288 Å². The van der Waals surface area contributed by atoms with Crippen LogP contribution in [0.5, 0.6) is 11.8 Å². The van der Waals surface area contributed by atoms with Gasteiger partial charge < -0.3 is 25.2 Å². The van der Waals surface area contributed by atoms with Gasteiger partial charge in [0.15, 0.2) is 0 Å². The smallest absolute Gasteiger partial charge is 0.237 e. The normalized spacial score (nSPS) is 19.2. The van der Waals surface area contributed by atoms with Crippen molar-refractivity contribution in [1.29, 1.82) is 5.26 Å². The van der Waals surface area contributed by atoms with Gasteiger partial charge in [-0.2, -0.15) is 5.26 Å². The van der Waals surface area contributed by atoms with Gasteiger partial charge >= 0.3 is 0 Å². The van der Waals surface area contributed by atoms with Crippen LogP contribution >= 0.6 is 23.2 Å². The number of aliphatic hydroxyl groups excluding tert-OH is 1. The van der Waals surface area contributed by atoms with Gasteiger partial charge in [0.1, 0.15) is 11.4 Å². The number of hydrogen-bond donors (Lipinski definition) is 3. The van der Waals surface area contributed by atoms with Gasteiger partial charge in [-0.05, 0) is 6.42 Å². The lowest BCUT2D eigenvalue weighted by Crippen LogP contribution is -2.35. The fourth-order valence-corrected chi connectivity index (χ4v) is 6.66. The largest absolute Gasteiger partial charge is 0.480 e. The first-order valence-electron chi connectivity index (χ1n) is 15.5. The molecule has 248 valence electrons. The molecule has 4 aromatic rings. The Morgan fingerprint density at radius 3 is 2.08 bits per heavy atom. The van der Waals surface area contributed by atoms with E-state index in [-0.39, 0.29) is 11.9 Å². The number of ether oxygens (including phenoxy) is 2. The number of benzene rings is 2. The van der Waals surface area contributed by atoms with Crippen LogP contribution in [0.15, 0.2) is 48.8 Å². The van der Waals surface area contributed by atoms with Crippen molar-refractivity contribution in [3.8, 4) is 51.5 Å². The van der Waals surface area contributed by atoms with Crippen molar-refractivity contribution in [1.82, 2.24) is 35.5 Å². The Morgan fingerprint density at radius 2 is 1.54 bits per heavy atom. The maximum atomic E-state index is 11.5. The number of nitriles is 1. The molecular formula is C34H34Cl2N8O4. The number of aromatic nitrogens is 4. The van der Waals surface area contributed by atoms with Crippen LogP contribution in [-0.4, -0.2) is 81.8 Å². The third kappa shape index (κ3) is 7.06. The van der Waals surface area contributed by atoms with Crippen molar-refractivity contribution < 1.29 is 19.4 Å². The van der Waals surface area contributed by atoms with Crippen molar-refractivity contribution in [2.24, 2.45) is 5.92 Å². The fourth-order valence-electron chi connectivity index (χ4n) is 6.02. The second kappa shape index (κ2) is 14.8. The summed E-state index contributed by atoms with van der Waals surface area (Å²) in [5, 5.41) is 26.5. The molecular weight excluding hydrogens is 655 g/mol. The van der Waals surface area contributed by atoms with Crippen molar-refractivity contribution >= 4 is 29.1 Å². The second-order valence-corrected chi connectivity index (χ2v) is 12.4. The highest BCUT2D eigenvalue weighted by molar-refractivity contribution is 6.39. The molecule has 0 bridgehead atoms. The number of hydrogen-bond acceptors (Lipinski definition) is 11. The number of carbonyl (C=O) groups is 1. The standard InChI is InChI=1S/C34H34Cl2N8O4/c1-47-33-27(13-38-12-20-9-10-30(46)41-20)39-14-25(42-33)23-7-3-5-21(31(23)35)22-6-4-8-24(32(22)36)26-15-40-28(34(43-26)48-2)17-44-16-19(11-37)29(45)18-44/h3-8,14-15,19-20,29,38,45H,9-10,12-13,16-18H2,1-2H3,(H,41,46)/t19-,20-,29-/m0/s1. The molecule has 2 aliphatic rings. The van der Waals surface area contributed by atoms with Crippen LogP contribution in [0.1, 0.15) is 24.2 Å². The number of methoxy groups -OCH3 is 2. The number of likely N-dealkylation sites (tertiary alicyclic amines) is 1. The summed E-state index contributed by atoms with van der Waals surface area (Å²) in [6.45, 7) is 2.26. The van der Waals surface area contributed by atoms with E-state index in [2.05, 4.69) is 26.7 Å². The first-order valence-corrected chi connectivity index (χ1v) is 16.2. The van der Waals surface area contributed by atoms with Crippen LogP contribution in [0, 0.1) is 17.2 Å². The summed E-state index contributed by atoms with van der Waals surface area (Å²) in [7, 11) is 3.07. The molecule has 2 aliphatic heterocycles. The number of nitrogens with zero attached hydrogens (tertiary/aromatic N) is 6. The van der Waals surface area contributed by atoms with E-state index in [1.165, 1.54) is 7.11 Å². The molecule has 48 heavy (non-hydrogen) atoms. The van der Waals surface area contributed by atoms with E-state index in [4.69, 9.17) is 42.6 Å². The van der Waals surface area contributed by atoms with Crippen molar-refractivity contribution in [2.45, 2.75) is 38.1 Å². The molecule has 1 amide bonds.